The van der Waals surface area contributed by atoms with Crippen molar-refractivity contribution in [3.05, 3.63) is 64.9 Å². The lowest BCUT2D eigenvalue weighted by atomic mass is 10.0. The monoisotopic (exact) mass is 438 g/mol. The van der Waals surface area contributed by atoms with Crippen LogP contribution < -0.4 is 14.8 Å². The van der Waals surface area contributed by atoms with Crippen LogP contribution in [0.2, 0.25) is 0 Å². The predicted octanol–water partition coefficient (Wildman–Crippen LogP) is 4.73. The first-order chi connectivity index (χ1) is 15.2. The summed E-state index contributed by atoms with van der Waals surface area (Å²) in [6.45, 7) is 1.98. The van der Waals surface area contributed by atoms with Crippen molar-refractivity contribution in [2.75, 3.05) is 25.1 Å². The van der Waals surface area contributed by atoms with E-state index in [2.05, 4.69) is 5.32 Å². The summed E-state index contributed by atoms with van der Waals surface area (Å²) in [5.74, 6) is 1.37. The molecule has 5 rings (SSSR count). The van der Waals surface area contributed by atoms with E-state index in [1.54, 1.807) is 24.3 Å². The molecular formula is C23H22N2O5S. The molecule has 31 heavy (non-hydrogen) atoms. The number of benzene rings is 1. The minimum atomic E-state index is -0.336. The molecule has 1 saturated heterocycles. The molecule has 2 aliphatic heterocycles. The SMILES string of the molecule is O=C(Nc1ccc(C(=O)N2CCCC2c2ccc3c(c2)OCCCO3)s1)c1ccco1. The van der Waals surface area contributed by atoms with Gasteiger partial charge in [0.25, 0.3) is 11.8 Å². The Bertz CT molecular complexity index is 1090. The Labute approximate surface area is 183 Å². The van der Waals surface area contributed by atoms with E-state index in [-0.39, 0.29) is 23.6 Å². The molecule has 0 radical (unpaired) electrons. The first-order valence-corrected chi connectivity index (χ1v) is 11.2. The number of amides is 2. The van der Waals surface area contributed by atoms with Crippen LogP contribution in [0.1, 0.15) is 51.1 Å². The fraction of sp³-hybridized carbons (Fsp3) is 0.304. The van der Waals surface area contributed by atoms with E-state index >= 15 is 0 Å². The third kappa shape index (κ3) is 4.03. The quantitative estimate of drug-likeness (QED) is 0.637. The van der Waals surface area contributed by atoms with Gasteiger partial charge in [0, 0.05) is 13.0 Å². The van der Waals surface area contributed by atoms with Gasteiger partial charge in [-0.3, -0.25) is 9.59 Å². The molecule has 7 nitrogen and oxygen atoms in total. The number of nitrogens with zero attached hydrogens (tertiary/aromatic N) is 1. The topological polar surface area (TPSA) is 81.0 Å². The molecule has 0 saturated carbocycles. The lowest BCUT2D eigenvalue weighted by Crippen LogP contribution is -2.30. The number of hydrogen-bond donors (Lipinski definition) is 1. The largest absolute Gasteiger partial charge is 0.490 e. The van der Waals surface area contributed by atoms with Crippen molar-refractivity contribution in [2.24, 2.45) is 0 Å². The van der Waals surface area contributed by atoms with Gasteiger partial charge in [-0.2, -0.15) is 0 Å². The predicted molar refractivity (Wildman–Crippen MR) is 116 cm³/mol. The number of anilines is 1. The van der Waals surface area contributed by atoms with Crippen LogP contribution in [0.3, 0.4) is 0 Å². The summed E-state index contributed by atoms with van der Waals surface area (Å²) in [6, 6.07) is 12.7. The number of hydrogen-bond acceptors (Lipinski definition) is 6. The highest BCUT2D eigenvalue weighted by atomic mass is 32.1. The summed E-state index contributed by atoms with van der Waals surface area (Å²) in [6.07, 6.45) is 4.15. The maximum atomic E-state index is 13.3. The summed E-state index contributed by atoms with van der Waals surface area (Å²) in [5, 5.41) is 3.39. The van der Waals surface area contributed by atoms with Crippen LogP contribution in [0.5, 0.6) is 11.5 Å². The van der Waals surface area contributed by atoms with Gasteiger partial charge >= 0.3 is 0 Å². The number of likely N-dealkylation sites (tertiary alicyclic amines) is 1. The lowest BCUT2D eigenvalue weighted by Gasteiger charge is -2.25. The molecule has 2 amide bonds. The molecule has 160 valence electrons. The van der Waals surface area contributed by atoms with Crippen LogP contribution in [0.25, 0.3) is 0 Å². The van der Waals surface area contributed by atoms with Crippen molar-refractivity contribution in [3.8, 4) is 11.5 Å². The average molecular weight is 439 g/mol. The number of thiophene rings is 1. The molecule has 0 spiro atoms. The molecule has 3 aromatic rings. The van der Waals surface area contributed by atoms with Crippen LogP contribution >= 0.6 is 11.3 Å². The van der Waals surface area contributed by atoms with E-state index in [9.17, 15) is 9.59 Å². The van der Waals surface area contributed by atoms with Gasteiger partial charge in [-0.25, -0.2) is 0 Å². The third-order valence-corrected chi connectivity index (χ3v) is 6.46. The van der Waals surface area contributed by atoms with Gasteiger partial charge in [-0.1, -0.05) is 6.07 Å². The summed E-state index contributed by atoms with van der Waals surface area (Å²) in [4.78, 5) is 27.9. The summed E-state index contributed by atoms with van der Waals surface area (Å²) >= 11 is 1.27. The Morgan fingerprint density at radius 3 is 2.74 bits per heavy atom. The highest BCUT2D eigenvalue weighted by molar-refractivity contribution is 7.18. The normalized spacial score (nSPS) is 17.9. The molecule has 1 fully saturated rings. The number of nitrogens with one attached hydrogen (secondary N) is 1. The summed E-state index contributed by atoms with van der Waals surface area (Å²) in [5.41, 5.74) is 1.05. The van der Waals surface area contributed by atoms with Crippen LogP contribution in [-0.2, 0) is 0 Å². The molecule has 4 heterocycles. The molecule has 1 N–H and O–H groups in total. The van der Waals surface area contributed by atoms with Crippen molar-refractivity contribution in [1.29, 1.82) is 0 Å². The van der Waals surface area contributed by atoms with E-state index in [4.69, 9.17) is 13.9 Å². The van der Waals surface area contributed by atoms with E-state index in [1.165, 1.54) is 17.6 Å². The van der Waals surface area contributed by atoms with Crippen LogP contribution in [0.4, 0.5) is 5.00 Å². The molecule has 1 unspecified atom stereocenters. The Hall–Kier alpha value is -3.26. The Kier molecular flexibility index (Phi) is 5.38. The average Bonchev–Trinajstić information content (AvgIpc) is 3.53. The Balaban J connectivity index is 1.32. The zero-order chi connectivity index (χ0) is 21.2. The van der Waals surface area contributed by atoms with Gasteiger partial charge in [0.2, 0.25) is 0 Å². The van der Waals surface area contributed by atoms with Crippen molar-refractivity contribution in [3.63, 3.8) is 0 Å². The maximum absolute atomic E-state index is 13.3. The van der Waals surface area contributed by atoms with E-state index in [0.717, 1.165) is 36.3 Å². The van der Waals surface area contributed by atoms with Crippen molar-refractivity contribution >= 4 is 28.2 Å². The number of carbonyl (C=O) groups is 2. The lowest BCUT2D eigenvalue weighted by molar-refractivity contribution is 0.0740. The van der Waals surface area contributed by atoms with Gasteiger partial charge in [0.15, 0.2) is 17.3 Å². The molecule has 1 atom stereocenters. The highest BCUT2D eigenvalue weighted by Crippen LogP contribution is 2.39. The molecule has 2 aliphatic rings. The second-order valence-electron chi connectivity index (χ2n) is 7.51. The van der Waals surface area contributed by atoms with Crippen LogP contribution in [0.15, 0.2) is 53.1 Å². The second-order valence-corrected chi connectivity index (χ2v) is 8.59. The Morgan fingerprint density at radius 1 is 1.03 bits per heavy atom. The number of fused-ring (bicyclic) bond motifs is 1. The first kappa shape index (κ1) is 19.7. The molecule has 0 aliphatic carbocycles. The van der Waals surface area contributed by atoms with E-state index in [0.29, 0.717) is 29.6 Å². The molecular weight excluding hydrogens is 416 g/mol. The number of rotatable bonds is 4. The number of carbonyl (C=O) groups excluding carboxylic acids is 2. The molecule has 2 aromatic heterocycles. The fourth-order valence-electron chi connectivity index (χ4n) is 3.99. The number of ether oxygens (including phenoxy) is 2. The molecule has 0 bridgehead atoms. The first-order valence-electron chi connectivity index (χ1n) is 10.3. The summed E-state index contributed by atoms with van der Waals surface area (Å²) < 4.78 is 16.7. The van der Waals surface area contributed by atoms with Gasteiger partial charge in [0.05, 0.1) is 35.4 Å². The van der Waals surface area contributed by atoms with Crippen LogP contribution in [0, 0.1) is 0 Å². The Morgan fingerprint density at radius 2 is 1.90 bits per heavy atom. The van der Waals surface area contributed by atoms with Crippen molar-refractivity contribution < 1.29 is 23.5 Å². The minimum absolute atomic E-state index is 0.00656. The van der Waals surface area contributed by atoms with Crippen molar-refractivity contribution in [1.82, 2.24) is 4.90 Å². The van der Waals surface area contributed by atoms with Gasteiger partial charge < -0.3 is 24.1 Å². The number of furan rings is 1. The van der Waals surface area contributed by atoms with Crippen LogP contribution in [-0.4, -0.2) is 36.5 Å². The maximum Gasteiger partial charge on any atom is 0.291 e. The highest BCUT2D eigenvalue weighted by Gasteiger charge is 2.32. The fourth-order valence-corrected chi connectivity index (χ4v) is 4.84. The standard InChI is InChI=1S/C23H22N2O5S/c26-22(18-5-2-11-29-18)24-21-9-8-20(31-21)23(27)25-10-1-4-16(25)15-6-7-17-19(14-15)30-13-3-12-28-17/h2,5-9,11,14,16H,1,3-4,10,12-13H2,(H,24,26). The molecule has 1 aromatic carbocycles. The zero-order valence-corrected chi connectivity index (χ0v) is 17.7. The smallest absolute Gasteiger partial charge is 0.291 e. The second kappa shape index (κ2) is 8.47. The van der Waals surface area contributed by atoms with Gasteiger partial charge in [-0.05, 0) is 54.8 Å². The zero-order valence-electron chi connectivity index (χ0n) is 16.8. The van der Waals surface area contributed by atoms with Crippen molar-refractivity contribution in [2.45, 2.75) is 25.3 Å². The molecule has 8 heteroatoms. The minimum Gasteiger partial charge on any atom is -0.490 e. The van der Waals surface area contributed by atoms with E-state index < -0.39 is 0 Å². The van der Waals surface area contributed by atoms with Gasteiger partial charge in [-0.15, -0.1) is 11.3 Å². The summed E-state index contributed by atoms with van der Waals surface area (Å²) in [7, 11) is 0. The van der Waals surface area contributed by atoms with E-state index in [1.807, 2.05) is 23.1 Å². The van der Waals surface area contributed by atoms with Gasteiger partial charge in [0.1, 0.15) is 0 Å². The third-order valence-electron chi connectivity index (χ3n) is 5.47.